The highest BCUT2D eigenvalue weighted by Crippen LogP contribution is 2.33. The molecule has 0 aliphatic rings. The lowest BCUT2D eigenvalue weighted by Crippen LogP contribution is -2.02. The Morgan fingerprint density at radius 1 is 1.20 bits per heavy atom. The van der Waals surface area contributed by atoms with Crippen molar-refractivity contribution in [1.29, 1.82) is 0 Å². The summed E-state index contributed by atoms with van der Waals surface area (Å²) in [4.78, 5) is 0. The van der Waals surface area contributed by atoms with Crippen LogP contribution < -0.4 is 5.32 Å². The Morgan fingerprint density at radius 2 is 1.80 bits per heavy atom. The van der Waals surface area contributed by atoms with Crippen LogP contribution in [0.3, 0.4) is 0 Å². The molecule has 1 rings (SSSR count). The second-order valence-electron chi connectivity index (χ2n) is 3.10. The Labute approximate surface area is 105 Å². The average molecular weight is 265 g/mol. The number of halogens is 3. The fraction of sp³-hybridized carbons (Fsp3) is 0.273. The van der Waals surface area contributed by atoms with E-state index in [-0.39, 0.29) is 0 Å². The van der Waals surface area contributed by atoms with Crippen LogP contribution in [0.15, 0.2) is 24.8 Å². The topological polar surface area (TPSA) is 12.0 Å². The van der Waals surface area contributed by atoms with Gasteiger partial charge in [-0.25, -0.2) is 0 Å². The van der Waals surface area contributed by atoms with E-state index in [0.717, 1.165) is 25.1 Å². The molecule has 0 aliphatic heterocycles. The van der Waals surface area contributed by atoms with Crippen molar-refractivity contribution >= 4 is 40.5 Å². The molecular weight excluding hydrogens is 252 g/mol. The zero-order chi connectivity index (χ0) is 11.3. The highest BCUT2D eigenvalue weighted by atomic mass is 35.5. The average Bonchev–Trinajstić information content (AvgIpc) is 2.15. The van der Waals surface area contributed by atoms with Gasteiger partial charge in [0.15, 0.2) is 0 Å². The predicted octanol–water partition coefficient (Wildman–Crippen LogP) is 5.02. The van der Waals surface area contributed by atoms with Gasteiger partial charge in [-0.05, 0) is 25.0 Å². The summed E-state index contributed by atoms with van der Waals surface area (Å²) in [6.45, 7) is 4.47. The predicted molar refractivity (Wildman–Crippen MR) is 69.4 cm³/mol. The van der Waals surface area contributed by atoms with Crippen molar-refractivity contribution in [1.82, 2.24) is 0 Å². The number of hydrogen-bond donors (Lipinski definition) is 1. The van der Waals surface area contributed by atoms with E-state index in [1.165, 1.54) is 0 Å². The Morgan fingerprint density at radius 3 is 2.33 bits per heavy atom. The second-order valence-corrected chi connectivity index (χ2v) is 4.35. The first-order chi connectivity index (χ1) is 7.15. The number of nitrogens with one attached hydrogen (secondary N) is 1. The van der Waals surface area contributed by atoms with Gasteiger partial charge in [0, 0.05) is 11.6 Å². The summed E-state index contributed by atoms with van der Waals surface area (Å²) in [5, 5.41) is 4.81. The summed E-state index contributed by atoms with van der Waals surface area (Å²) in [5.41, 5.74) is 0.742. The molecule has 0 atom stereocenters. The van der Waals surface area contributed by atoms with Gasteiger partial charge < -0.3 is 5.32 Å². The largest absolute Gasteiger partial charge is 0.383 e. The minimum Gasteiger partial charge on any atom is -0.383 e. The molecule has 1 N–H and O–H groups in total. The van der Waals surface area contributed by atoms with E-state index in [2.05, 4.69) is 11.9 Å². The zero-order valence-electron chi connectivity index (χ0n) is 8.19. The molecule has 15 heavy (non-hydrogen) atoms. The number of rotatable bonds is 5. The van der Waals surface area contributed by atoms with Crippen LogP contribution in [0.2, 0.25) is 15.1 Å². The SMILES string of the molecule is C=CCCCNc1c(Cl)cc(Cl)cc1Cl. The summed E-state index contributed by atoms with van der Waals surface area (Å²) < 4.78 is 0. The first-order valence-electron chi connectivity index (χ1n) is 4.64. The van der Waals surface area contributed by atoms with Crippen molar-refractivity contribution in [3.63, 3.8) is 0 Å². The van der Waals surface area contributed by atoms with Crippen LogP contribution in [0.4, 0.5) is 5.69 Å². The third-order valence-electron chi connectivity index (χ3n) is 1.89. The van der Waals surface area contributed by atoms with E-state index in [1.807, 2.05) is 6.08 Å². The maximum Gasteiger partial charge on any atom is 0.0720 e. The van der Waals surface area contributed by atoms with E-state index in [0.29, 0.717) is 15.1 Å². The van der Waals surface area contributed by atoms with Crippen LogP contribution in [0.1, 0.15) is 12.8 Å². The molecule has 82 valence electrons. The summed E-state index contributed by atoms with van der Waals surface area (Å²) in [6.07, 6.45) is 3.85. The highest BCUT2D eigenvalue weighted by molar-refractivity contribution is 6.41. The molecule has 0 amide bonds. The number of anilines is 1. The van der Waals surface area contributed by atoms with Crippen molar-refractivity contribution in [3.05, 3.63) is 39.9 Å². The first kappa shape index (κ1) is 12.7. The fourth-order valence-electron chi connectivity index (χ4n) is 1.17. The molecular formula is C11H12Cl3N. The summed E-state index contributed by atoms with van der Waals surface area (Å²) >= 11 is 17.8. The number of hydrogen-bond acceptors (Lipinski definition) is 1. The van der Waals surface area contributed by atoms with Gasteiger partial charge in [0.05, 0.1) is 15.7 Å². The maximum atomic E-state index is 6.00. The number of benzene rings is 1. The van der Waals surface area contributed by atoms with Crippen LogP contribution in [-0.2, 0) is 0 Å². The Balaban J connectivity index is 2.64. The van der Waals surface area contributed by atoms with Crippen molar-refractivity contribution < 1.29 is 0 Å². The third-order valence-corrected chi connectivity index (χ3v) is 2.71. The molecule has 1 aromatic rings. The minimum atomic E-state index is 0.543. The molecule has 0 saturated heterocycles. The molecule has 0 saturated carbocycles. The molecule has 0 bridgehead atoms. The molecule has 1 nitrogen and oxygen atoms in total. The van der Waals surface area contributed by atoms with Crippen LogP contribution in [0, 0.1) is 0 Å². The van der Waals surface area contributed by atoms with Crippen molar-refractivity contribution in [3.8, 4) is 0 Å². The highest BCUT2D eigenvalue weighted by Gasteiger charge is 2.06. The van der Waals surface area contributed by atoms with Crippen molar-refractivity contribution in [2.45, 2.75) is 12.8 Å². The van der Waals surface area contributed by atoms with E-state index in [1.54, 1.807) is 12.1 Å². The fourth-order valence-corrected chi connectivity index (χ4v) is 2.12. The second kappa shape index (κ2) is 6.26. The van der Waals surface area contributed by atoms with Gasteiger partial charge in [-0.2, -0.15) is 0 Å². The maximum absolute atomic E-state index is 6.00. The van der Waals surface area contributed by atoms with Crippen LogP contribution in [-0.4, -0.2) is 6.54 Å². The first-order valence-corrected chi connectivity index (χ1v) is 5.78. The lowest BCUT2D eigenvalue weighted by atomic mass is 10.2. The van der Waals surface area contributed by atoms with E-state index in [4.69, 9.17) is 34.8 Å². The zero-order valence-corrected chi connectivity index (χ0v) is 10.5. The quantitative estimate of drug-likeness (QED) is 0.581. The lowest BCUT2D eigenvalue weighted by Gasteiger charge is -2.10. The number of allylic oxidation sites excluding steroid dienone is 1. The van der Waals surface area contributed by atoms with E-state index >= 15 is 0 Å². The molecule has 0 radical (unpaired) electrons. The molecule has 0 fully saturated rings. The molecule has 0 spiro atoms. The number of unbranched alkanes of at least 4 members (excludes halogenated alkanes) is 1. The summed E-state index contributed by atoms with van der Waals surface area (Å²) in [5.74, 6) is 0. The van der Waals surface area contributed by atoms with Gasteiger partial charge in [0.1, 0.15) is 0 Å². The van der Waals surface area contributed by atoms with E-state index in [9.17, 15) is 0 Å². The van der Waals surface area contributed by atoms with Crippen molar-refractivity contribution in [2.75, 3.05) is 11.9 Å². The smallest absolute Gasteiger partial charge is 0.0720 e. The van der Waals surface area contributed by atoms with Crippen LogP contribution in [0.5, 0.6) is 0 Å². The molecule has 0 heterocycles. The van der Waals surface area contributed by atoms with Crippen molar-refractivity contribution in [2.24, 2.45) is 0 Å². The van der Waals surface area contributed by atoms with Crippen LogP contribution >= 0.6 is 34.8 Å². The molecule has 0 aromatic heterocycles. The lowest BCUT2D eigenvalue weighted by molar-refractivity contribution is 0.891. The molecule has 0 aliphatic carbocycles. The van der Waals surface area contributed by atoms with Gasteiger partial charge in [-0.1, -0.05) is 40.9 Å². The van der Waals surface area contributed by atoms with E-state index < -0.39 is 0 Å². The Bertz CT molecular complexity index is 327. The summed E-state index contributed by atoms with van der Waals surface area (Å²) in [7, 11) is 0. The van der Waals surface area contributed by atoms with Gasteiger partial charge in [-0.15, -0.1) is 6.58 Å². The normalized spacial score (nSPS) is 10.1. The monoisotopic (exact) mass is 263 g/mol. The van der Waals surface area contributed by atoms with Gasteiger partial charge >= 0.3 is 0 Å². The minimum absolute atomic E-state index is 0.543. The third kappa shape index (κ3) is 3.94. The van der Waals surface area contributed by atoms with Crippen LogP contribution in [0.25, 0.3) is 0 Å². The van der Waals surface area contributed by atoms with Gasteiger partial charge in [-0.3, -0.25) is 0 Å². The standard InChI is InChI=1S/C11H12Cl3N/c1-2-3-4-5-15-11-9(13)6-8(12)7-10(11)14/h2,6-7,15H,1,3-5H2. The van der Waals surface area contributed by atoms with Gasteiger partial charge in [0.25, 0.3) is 0 Å². The molecule has 1 aromatic carbocycles. The molecule has 4 heteroatoms. The Kier molecular flexibility index (Phi) is 5.30. The Hall–Kier alpha value is -0.370. The molecule has 0 unspecified atom stereocenters. The van der Waals surface area contributed by atoms with Gasteiger partial charge in [0.2, 0.25) is 0 Å². The summed E-state index contributed by atoms with van der Waals surface area (Å²) in [6, 6.07) is 3.34.